The predicted octanol–water partition coefficient (Wildman–Crippen LogP) is 3.70. The molecule has 0 bridgehead atoms. The van der Waals surface area contributed by atoms with Gasteiger partial charge in [-0.3, -0.25) is 0 Å². The van der Waals surface area contributed by atoms with Gasteiger partial charge >= 0.3 is 0 Å². The van der Waals surface area contributed by atoms with Gasteiger partial charge in [-0.2, -0.15) is 0 Å². The van der Waals surface area contributed by atoms with Crippen molar-refractivity contribution in [3.63, 3.8) is 0 Å². The molecule has 0 saturated heterocycles. The Morgan fingerprint density at radius 2 is 2.18 bits per heavy atom. The molecule has 0 N–H and O–H groups in total. The molecule has 1 rings (SSSR count). The van der Waals surface area contributed by atoms with Crippen molar-refractivity contribution in [2.45, 2.75) is 39.5 Å². The van der Waals surface area contributed by atoms with E-state index in [0.717, 1.165) is 5.92 Å². The first kappa shape index (κ1) is 8.58. The molecule has 0 aromatic heterocycles. The Hall–Kier alpha value is -0.520. The van der Waals surface area contributed by atoms with Crippen molar-refractivity contribution in [2.75, 3.05) is 0 Å². The van der Waals surface area contributed by atoms with Crippen LogP contribution in [0.4, 0.5) is 0 Å². The smallest absolute Gasteiger partial charge is 0.0311 e. The summed E-state index contributed by atoms with van der Waals surface area (Å²) in [4.78, 5) is 0. The van der Waals surface area contributed by atoms with Crippen molar-refractivity contribution in [1.82, 2.24) is 0 Å². The minimum atomic E-state index is 0.898. The molecule has 0 aliphatic heterocycles. The summed E-state index contributed by atoms with van der Waals surface area (Å²) in [5, 5.41) is 0. The average molecular weight is 150 g/mol. The maximum Gasteiger partial charge on any atom is -0.0311 e. The van der Waals surface area contributed by atoms with Crippen molar-refractivity contribution in [3.8, 4) is 0 Å². The molecule has 0 aromatic rings. The van der Waals surface area contributed by atoms with Gasteiger partial charge in [0.15, 0.2) is 0 Å². The van der Waals surface area contributed by atoms with E-state index in [1.165, 1.54) is 31.3 Å². The summed E-state index contributed by atoms with van der Waals surface area (Å²) < 4.78 is 0. The molecular formula is C11H18. The predicted molar refractivity (Wildman–Crippen MR) is 50.5 cm³/mol. The van der Waals surface area contributed by atoms with Crippen LogP contribution in [-0.4, -0.2) is 0 Å². The summed E-state index contributed by atoms with van der Waals surface area (Å²) in [5.41, 5.74) is 1.51. The average Bonchev–Trinajstić information content (AvgIpc) is 2.28. The Balaban J connectivity index is 2.53. The monoisotopic (exact) mass is 150 g/mol. The molecule has 1 atom stereocenters. The third-order valence-electron chi connectivity index (χ3n) is 2.50. The highest BCUT2D eigenvalue weighted by molar-refractivity contribution is 5.20. The standard InChI is InChI=1S/C11H18/c1-3-10-6-5-7-11(4-2)9-8-10/h5-6,8,11H,3-4,7,9H2,1-2H3. The minimum Gasteiger partial charge on any atom is -0.0840 e. The van der Waals surface area contributed by atoms with Crippen molar-refractivity contribution in [1.29, 1.82) is 0 Å². The lowest BCUT2D eigenvalue weighted by atomic mass is 9.99. The molecule has 11 heavy (non-hydrogen) atoms. The van der Waals surface area contributed by atoms with Gasteiger partial charge in [-0.15, -0.1) is 0 Å². The van der Waals surface area contributed by atoms with Gasteiger partial charge in [0.05, 0.1) is 0 Å². The molecule has 0 heterocycles. The molecule has 0 aromatic carbocycles. The van der Waals surface area contributed by atoms with Crippen molar-refractivity contribution < 1.29 is 0 Å². The quantitative estimate of drug-likeness (QED) is 0.563. The van der Waals surface area contributed by atoms with E-state index in [-0.39, 0.29) is 0 Å². The molecule has 0 fully saturated rings. The van der Waals surface area contributed by atoms with Gasteiger partial charge in [0.2, 0.25) is 0 Å². The number of rotatable bonds is 2. The summed E-state index contributed by atoms with van der Waals surface area (Å²) in [6, 6.07) is 0. The number of allylic oxidation sites excluding steroid dienone is 4. The Labute approximate surface area is 70.0 Å². The molecule has 62 valence electrons. The van der Waals surface area contributed by atoms with Crippen LogP contribution in [0.1, 0.15) is 39.5 Å². The van der Waals surface area contributed by atoms with Gasteiger partial charge in [0.25, 0.3) is 0 Å². The molecule has 0 heteroatoms. The first-order valence-corrected chi connectivity index (χ1v) is 4.72. The zero-order valence-corrected chi connectivity index (χ0v) is 7.64. The van der Waals surface area contributed by atoms with Crippen LogP contribution < -0.4 is 0 Å². The van der Waals surface area contributed by atoms with E-state index < -0.39 is 0 Å². The second kappa shape index (κ2) is 4.38. The van der Waals surface area contributed by atoms with E-state index in [1.807, 2.05) is 0 Å². The molecule has 1 unspecified atom stereocenters. The van der Waals surface area contributed by atoms with Crippen LogP contribution in [0.2, 0.25) is 0 Å². The van der Waals surface area contributed by atoms with Gasteiger partial charge < -0.3 is 0 Å². The van der Waals surface area contributed by atoms with E-state index in [0.29, 0.717) is 0 Å². The maximum atomic E-state index is 2.40. The molecule has 0 radical (unpaired) electrons. The fraction of sp³-hybridized carbons (Fsp3) is 0.636. The second-order valence-corrected chi connectivity index (χ2v) is 3.28. The summed E-state index contributed by atoms with van der Waals surface area (Å²) >= 11 is 0. The van der Waals surface area contributed by atoms with Crippen LogP contribution >= 0.6 is 0 Å². The third kappa shape index (κ3) is 2.53. The van der Waals surface area contributed by atoms with Crippen LogP contribution in [0.25, 0.3) is 0 Å². The van der Waals surface area contributed by atoms with Gasteiger partial charge in [-0.1, -0.05) is 44.1 Å². The van der Waals surface area contributed by atoms with E-state index in [1.54, 1.807) is 0 Å². The molecule has 0 spiro atoms. The first-order chi connectivity index (χ1) is 5.36. The fourth-order valence-corrected chi connectivity index (χ4v) is 1.49. The Morgan fingerprint density at radius 1 is 1.36 bits per heavy atom. The summed E-state index contributed by atoms with van der Waals surface area (Å²) in [5.74, 6) is 0.898. The summed E-state index contributed by atoms with van der Waals surface area (Å²) in [6.07, 6.45) is 12.1. The van der Waals surface area contributed by atoms with Crippen LogP contribution in [0.15, 0.2) is 23.8 Å². The highest BCUT2D eigenvalue weighted by Gasteiger charge is 2.04. The van der Waals surface area contributed by atoms with E-state index >= 15 is 0 Å². The molecular weight excluding hydrogens is 132 g/mol. The highest BCUT2D eigenvalue weighted by atomic mass is 14.1. The minimum absolute atomic E-state index is 0.898. The molecule has 0 saturated carbocycles. The van der Waals surface area contributed by atoms with Crippen LogP contribution in [-0.2, 0) is 0 Å². The lowest BCUT2D eigenvalue weighted by Gasteiger charge is -2.06. The first-order valence-electron chi connectivity index (χ1n) is 4.72. The summed E-state index contributed by atoms with van der Waals surface area (Å²) in [7, 11) is 0. The van der Waals surface area contributed by atoms with Gasteiger partial charge in [-0.05, 0) is 25.2 Å². The molecule has 1 aliphatic carbocycles. The number of hydrogen-bond acceptors (Lipinski definition) is 0. The zero-order chi connectivity index (χ0) is 8.10. The van der Waals surface area contributed by atoms with Crippen molar-refractivity contribution in [2.24, 2.45) is 5.92 Å². The summed E-state index contributed by atoms with van der Waals surface area (Å²) in [6.45, 7) is 4.51. The zero-order valence-electron chi connectivity index (χ0n) is 7.64. The van der Waals surface area contributed by atoms with E-state index in [2.05, 4.69) is 32.1 Å². The van der Waals surface area contributed by atoms with E-state index in [4.69, 9.17) is 0 Å². The van der Waals surface area contributed by atoms with Crippen LogP contribution in [0.3, 0.4) is 0 Å². The third-order valence-corrected chi connectivity index (χ3v) is 2.50. The molecule has 1 aliphatic rings. The normalized spacial score (nSPS) is 24.5. The highest BCUT2D eigenvalue weighted by Crippen LogP contribution is 2.20. The Bertz CT molecular complexity index is 163. The number of hydrogen-bond donors (Lipinski definition) is 0. The lowest BCUT2D eigenvalue weighted by molar-refractivity contribution is 0.526. The van der Waals surface area contributed by atoms with Crippen molar-refractivity contribution >= 4 is 0 Å². The van der Waals surface area contributed by atoms with Gasteiger partial charge in [0.1, 0.15) is 0 Å². The fourth-order valence-electron chi connectivity index (χ4n) is 1.49. The Kier molecular flexibility index (Phi) is 3.41. The SMILES string of the molecule is CCC1=CCC(CC)CC=C1. The van der Waals surface area contributed by atoms with Crippen molar-refractivity contribution in [3.05, 3.63) is 23.8 Å². The van der Waals surface area contributed by atoms with Gasteiger partial charge in [0, 0.05) is 0 Å². The second-order valence-electron chi connectivity index (χ2n) is 3.28. The molecule has 0 nitrogen and oxygen atoms in total. The van der Waals surface area contributed by atoms with E-state index in [9.17, 15) is 0 Å². The topological polar surface area (TPSA) is 0 Å². The Morgan fingerprint density at radius 3 is 2.82 bits per heavy atom. The van der Waals surface area contributed by atoms with Gasteiger partial charge in [-0.25, -0.2) is 0 Å². The maximum absolute atomic E-state index is 2.40. The van der Waals surface area contributed by atoms with Crippen LogP contribution in [0, 0.1) is 5.92 Å². The van der Waals surface area contributed by atoms with Crippen LogP contribution in [0.5, 0.6) is 0 Å². The largest absolute Gasteiger partial charge is 0.0840 e. The lowest BCUT2D eigenvalue weighted by Crippen LogP contribution is -1.93. The molecule has 0 amide bonds.